The summed E-state index contributed by atoms with van der Waals surface area (Å²) in [5.74, 6) is 1.86. The van der Waals surface area contributed by atoms with E-state index in [2.05, 4.69) is 4.90 Å². The molecule has 12 heavy (non-hydrogen) atoms. The molecule has 1 aliphatic carbocycles. The van der Waals surface area contributed by atoms with E-state index in [0.717, 1.165) is 12.5 Å². The normalized spacial score (nSPS) is 32.9. The van der Waals surface area contributed by atoms with Crippen molar-refractivity contribution in [2.24, 2.45) is 5.92 Å². The minimum atomic E-state index is 0.356. The summed E-state index contributed by atoms with van der Waals surface area (Å²) in [6.45, 7) is 1.05. The topological polar surface area (TPSA) is 20.3 Å². The lowest BCUT2D eigenvalue weighted by atomic mass is 10.1. The van der Waals surface area contributed by atoms with Crippen LogP contribution in [-0.4, -0.2) is 35.4 Å². The Morgan fingerprint density at radius 1 is 1.58 bits per heavy atom. The van der Waals surface area contributed by atoms with Gasteiger partial charge in [-0.25, -0.2) is 0 Å². The fourth-order valence-corrected chi connectivity index (χ4v) is 2.85. The lowest BCUT2D eigenvalue weighted by molar-refractivity contribution is -0.129. The number of likely N-dealkylation sites (tertiary alicyclic amines) is 1. The SMILES string of the molecule is CSCC(=O)N1CC2CCC1C2. The van der Waals surface area contributed by atoms with Crippen LogP contribution in [0.4, 0.5) is 0 Å². The van der Waals surface area contributed by atoms with Crippen LogP contribution >= 0.6 is 11.8 Å². The molecule has 3 heteroatoms. The molecule has 0 aromatic heterocycles. The van der Waals surface area contributed by atoms with Crippen molar-refractivity contribution in [3.8, 4) is 0 Å². The summed E-state index contributed by atoms with van der Waals surface area (Å²) in [5, 5.41) is 0. The Balaban J connectivity index is 1.93. The second kappa shape index (κ2) is 3.29. The lowest BCUT2D eigenvalue weighted by Crippen LogP contribution is -2.38. The average Bonchev–Trinajstić information content (AvgIpc) is 2.64. The van der Waals surface area contributed by atoms with Crippen LogP contribution in [0.3, 0.4) is 0 Å². The zero-order valence-electron chi connectivity index (χ0n) is 7.45. The van der Waals surface area contributed by atoms with Gasteiger partial charge >= 0.3 is 0 Å². The molecular weight excluding hydrogens is 170 g/mol. The number of hydrogen-bond acceptors (Lipinski definition) is 2. The summed E-state index contributed by atoms with van der Waals surface area (Å²) in [4.78, 5) is 13.6. The van der Waals surface area contributed by atoms with E-state index in [-0.39, 0.29) is 0 Å². The van der Waals surface area contributed by atoms with Gasteiger partial charge in [0.05, 0.1) is 5.75 Å². The Morgan fingerprint density at radius 3 is 2.92 bits per heavy atom. The number of piperidine rings is 1. The van der Waals surface area contributed by atoms with Crippen LogP contribution in [0.1, 0.15) is 19.3 Å². The van der Waals surface area contributed by atoms with Crippen molar-refractivity contribution in [3.63, 3.8) is 0 Å². The van der Waals surface area contributed by atoms with Crippen LogP contribution in [0, 0.1) is 5.92 Å². The van der Waals surface area contributed by atoms with Crippen LogP contribution in [0.15, 0.2) is 0 Å². The molecule has 0 aromatic rings. The zero-order chi connectivity index (χ0) is 8.55. The monoisotopic (exact) mass is 185 g/mol. The van der Waals surface area contributed by atoms with Crippen molar-refractivity contribution in [2.45, 2.75) is 25.3 Å². The van der Waals surface area contributed by atoms with Gasteiger partial charge in [0.25, 0.3) is 0 Å². The summed E-state index contributed by atoms with van der Waals surface area (Å²) in [7, 11) is 0. The van der Waals surface area contributed by atoms with Crippen molar-refractivity contribution >= 4 is 17.7 Å². The highest BCUT2D eigenvalue weighted by Crippen LogP contribution is 2.37. The Bertz CT molecular complexity index is 195. The highest BCUT2D eigenvalue weighted by Gasteiger charge is 2.39. The molecule has 1 saturated carbocycles. The van der Waals surface area contributed by atoms with Crippen molar-refractivity contribution in [1.82, 2.24) is 4.90 Å². The molecule has 0 spiro atoms. The number of carbonyl (C=O) groups excluding carboxylic acids is 1. The number of fused-ring (bicyclic) bond motifs is 2. The summed E-state index contributed by atoms with van der Waals surface area (Å²) >= 11 is 1.63. The predicted molar refractivity (Wildman–Crippen MR) is 51.2 cm³/mol. The molecule has 68 valence electrons. The fraction of sp³-hybridized carbons (Fsp3) is 0.889. The average molecular weight is 185 g/mol. The van der Waals surface area contributed by atoms with Crippen molar-refractivity contribution in [3.05, 3.63) is 0 Å². The number of amides is 1. The number of rotatable bonds is 2. The Kier molecular flexibility index (Phi) is 2.31. The number of hydrogen-bond donors (Lipinski definition) is 0. The van der Waals surface area contributed by atoms with E-state index < -0.39 is 0 Å². The Labute approximate surface area is 77.7 Å². The van der Waals surface area contributed by atoms with Gasteiger partial charge in [-0.3, -0.25) is 4.79 Å². The number of nitrogens with zero attached hydrogens (tertiary/aromatic N) is 1. The van der Waals surface area contributed by atoms with E-state index in [1.807, 2.05) is 6.26 Å². The lowest BCUT2D eigenvalue weighted by Gasteiger charge is -2.26. The second-order valence-electron chi connectivity index (χ2n) is 3.81. The van der Waals surface area contributed by atoms with E-state index in [1.54, 1.807) is 11.8 Å². The highest BCUT2D eigenvalue weighted by atomic mass is 32.2. The van der Waals surface area contributed by atoms with Gasteiger partial charge in [0.1, 0.15) is 0 Å². The smallest absolute Gasteiger partial charge is 0.232 e. The summed E-state index contributed by atoms with van der Waals surface area (Å²) in [6.07, 6.45) is 5.88. The van der Waals surface area contributed by atoms with Crippen LogP contribution in [0.25, 0.3) is 0 Å². The van der Waals surface area contributed by atoms with Crippen molar-refractivity contribution in [1.29, 1.82) is 0 Å². The first kappa shape index (κ1) is 8.42. The van der Waals surface area contributed by atoms with Crippen LogP contribution < -0.4 is 0 Å². The fourth-order valence-electron chi connectivity index (χ4n) is 2.44. The molecule has 1 amide bonds. The molecular formula is C9H15NOS. The first-order valence-electron chi connectivity index (χ1n) is 4.59. The maximum absolute atomic E-state index is 11.5. The van der Waals surface area contributed by atoms with Crippen LogP contribution in [-0.2, 0) is 4.79 Å². The number of thioether (sulfide) groups is 1. The van der Waals surface area contributed by atoms with Gasteiger partial charge in [-0.2, -0.15) is 11.8 Å². The minimum absolute atomic E-state index is 0.356. The molecule has 2 unspecified atom stereocenters. The number of carbonyl (C=O) groups is 1. The first-order valence-corrected chi connectivity index (χ1v) is 5.99. The van der Waals surface area contributed by atoms with Gasteiger partial charge in [0, 0.05) is 12.6 Å². The second-order valence-corrected chi connectivity index (χ2v) is 4.68. The molecule has 2 fully saturated rings. The van der Waals surface area contributed by atoms with Crippen molar-refractivity contribution in [2.75, 3.05) is 18.6 Å². The standard InChI is InChI=1S/C9H15NOS/c1-12-6-9(11)10-5-7-2-3-8(10)4-7/h7-8H,2-6H2,1H3. The van der Waals surface area contributed by atoms with Gasteiger partial charge in [-0.15, -0.1) is 0 Å². The third-order valence-corrected chi connectivity index (χ3v) is 3.53. The molecule has 2 aliphatic rings. The summed E-state index contributed by atoms with van der Waals surface area (Å²) in [6, 6.07) is 0.606. The summed E-state index contributed by atoms with van der Waals surface area (Å²) in [5.41, 5.74) is 0. The van der Waals surface area contributed by atoms with Crippen LogP contribution in [0.2, 0.25) is 0 Å². The van der Waals surface area contributed by atoms with E-state index in [1.165, 1.54) is 19.3 Å². The quantitative estimate of drug-likeness (QED) is 0.647. The minimum Gasteiger partial charge on any atom is -0.339 e. The van der Waals surface area contributed by atoms with Gasteiger partial charge in [0.15, 0.2) is 0 Å². The van der Waals surface area contributed by atoms with Gasteiger partial charge in [-0.1, -0.05) is 0 Å². The van der Waals surface area contributed by atoms with Gasteiger partial charge < -0.3 is 4.90 Å². The third kappa shape index (κ3) is 1.35. The Hall–Kier alpha value is -0.180. The molecule has 0 radical (unpaired) electrons. The van der Waals surface area contributed by atoms with Gasteiger partial charge in [0.2, 0.25) is 5.91 Å². The molecule has 1 aliphatic heterocycles. The van der Waals surface area contributed by atoms with E-state index in [4.69, 9.17) is 0 Å². The molecule has 0 aromatic carbocycles. The Morgan fingerprint density at radius 2 is 2.42 bits per heavy atom. The molecule has 2 rings (SSSR count). The largest absolute Gasteiger partial charge is 0.339 e. The molecule has 2 atom stereocenters. The molecule has 2 nitrogen and oxygen atoms in total. The van der Waals surface area contributed by atoms with E-state index in [9.17, 15) is 4.79 Å². The van der Waals surface area contributed by atoms with E-state index in [0.29, 0.717) is 17.7 Å². The van der Waals surface area contributed by atoms with Crippen LogP contribution in [0.5, 0.6) is 0 Å². The molecule has 0 N–H and O–H groups in total. The van der Waals surface area contributed by atoms with Crippen molar-refractivity contribution < 1.29 is 4.79 Å². The molecule has 1 saturated heterocycles. The molecule has 1 heterocycles. The van der Waals surface area contributed by atoms with Gasteiger partial charge in [-0.05, 0) is 31.4 Å². The maximum atomic E-state index is 11.5. The summed E-state index contributed by atoms with van der Waals surface area (Å²) < 4.78 is 0. The first-order chi connectivity index (χ1) is 5.81. The zero-order valence-corrected chi connectivity index (χ0v) is 8.27. The molecule has 2 bridgehead atoms. The maximum Gasteiger partial charge on any atom is 0.232 e. The third-order valence-electron chi connectivity index (χ3n) is 3.00. The van der Waals surface area contributed by atoms with E-state index >= 15 is 0 Å². The highest BCUT2D eigenvalue weighted by molar-refractivity contribution is 7.99. The predicted octanol–water partition coefficient (Wildman–Crippen LogP) is 1.36.